The molecule has 2 aromatic rings. The number of rotatable bonds is 3. The fraction of sp³-hybridized carbons (Fsp3) is 0.400. The molecule has 2 aromatic carbocycles. The van der Waals surface area contributed by atoms with Crippen molar-refractivity contribution in [3.8, 4) is 11.1 Å². The van der Waals surface area contributed by atoms with Gasteiger partial charge < -0.3 is 0 Å². The van der Waals surface area contributed by atoms with Crippen LogP contribution in [-0.4, -0.2) is 0 Å². The average Bonchev–Trinajstić information content (AvgIpc) is 2.44. The summed E-state index contributed by atoms with van der Waals surface area (Å²) in [7, 11) is 0. The maximum Gasteiger partial charge on any atom is 0.0347 e. The summed E-state index contributed by atoms with van der Waals surface area (Å²) >= 11 is 0. The Morgan fingerprint density at radius 2 is 1.35 bits per heavy atom. The monoisotopic (exact) mass is 271 g/mol. The van der Waals surface area contributed by atoms with Gasteiger partial charge in [-0.25, -0.2) is 0 Å². The van der Waals surface area contributed by atoms with Crippen LogP contribution >= 0.6 is 0 Å². The minimum atomic E-state index is -2.12. The molecule has 2 rings (SSSR count). The van der Waals surface area contributed by atoms with Crippen molar-refractivity contribution in [2.75, 3.05) is 0 Å². The summed E-state index contributed by atoms with van der Waals surface area (Å²) in [6, 6.07) is 10.8. The van der Waals surface area contributed by atoms with Crippen molar-refractivity contribution in [3.05, 3.63) is 58.7 Å². The van der Waals surface area contributed by atoms with Crippen molar-refractivity contribution in [1.82, 2.24) is 0 Å². The second kappa shape index (κ2) is 5.83. The highest BCUT2D eigenvalue weighted by molar-refractivity contribution is 5.67. The third-order valence-electron chi connectivity index (χ3n) is 3.70. The SMILES string of the molecule is [2H]C([2H])([2H])c1ccc(-c2cc(C([2H])(C)C)c(C)c(C([2H])(C)C)c2)cc1. The molecule has 0 saturated heterocycles. The van der Waals surface area contributed by atoms with E-state index in [0.29, 0.717) is 5.56 Å². The van der Waals surface area contributed by atoms with Gasteiger partial charge in [-0.15, -0.1) is 0 Å². The van der Waals surface area contributed by atoms with Gasteiger partial charge in [-0.1, -0.05) is 69.7 Å². The van der Waals surface area contributed by atoms with Crippen molar-refractivity contribution in [2.24, 2.45) is 0 Å². The van der Waals surface area contributed by atoms with E-state index in [1.165, 1.54) is 0 Å². The smallest absolute Gasteiger partial charge is 0.0347 e. The first kappa shape index (κ1) is 9.39. The summed E-state index contributed by atoms with van der Waals surface area (Å²) in [5.74, 6) is -1.56. The lowest BCUT2D eigenvalue weighted by Gasteiger charge is -2.19. The van der Waals surface area contributed by atoms with E-state index in [-0.39, 0.29) is 0 Å². The zero-order chi connectivity index (χ0) is 19.2. The molecule has 0 heterocycles. The molecule has 0 aliphatic carbocycles. The molecule has 0 unspecified atom stereocenters. The molecule has 20 heavy (non-hydrogen) atoms. The molecule has 0 radical (unpaired) electrons. The van der Waals surface area contributed by atoms with Gasteiger partial charge in [0, 0.05) is 6.85 Å². The molecule has 0 bridgehead atoms. The van der Waals surface area contributed by atoms with Crippen LogP contribution < -0.4 is 0 Å². The number of hydrogen-bond donors (Lipinski definition) is 0. The fourth-order valence-electron chi connectivity index (χ4n) is 2.58. The van der Waals surface area contributed by atoms with E-state index in [0.717, 1.165) is 27.8 Å². The van der Waals surface area contributed by atoms with Crippen LogP contribution in [0.2, 0.25) is 0 Å². The van der Waals surface area contributed by atoms with Crippen molar-refractivity contribution in [2.45, 2.75) is 53.3 Å². The molecule has 0 fully saturated rings. The van der Waals surface area contributed by atoms with Gasteiger partial charge in [0.1, 0.15) is 0 Å². The lowest BCUT2D eigenvalue weighted by Crippen LogP contribution is -2.00. The summed E-state index contributed by atoms with van der Waals surface area (Å²) in [4.78, 5) is 0. The van der Waals surface area contributed by atoms with Gasteiger partial charge in [-0.2, -0.15) is 0 Å². The van der Waals surface area contributed by atoms with E-state index in [2.05, 4.69) is 0 Å². The summed E-state index contributed by atoms with van der Waals surface area (Å²) < 4.78 is 39.4. The Morgan fingerprint density at radius 1 is 0.850 bits per heavy atom. The molecule has 0 spiro atoms. The van der Waals surface area contributed by atoms with Crippen molar-refractivity contribution < 1.29 is 6.85 Å². The van der Waals surface area contributed by atoms with Crippen LogP contribution in [0.25, 0.3) is 11.1 Å². The summed E-state index contributed by atoms with van der Waals surface area (Å²) in [5, 5.41) is 0. The van der Waals surface area contributed by atoms with Crippen LogP contribution in [-0.2, 0) is 0 Å². The van der Waals surface area contributed by atoms with Gasteiger partial charge in [0.05, 0.1) is 0 Å². The Morgan fingerprint density at radius 3 is 1.75 bits per heavy atom. The van der Waals surface area contributed by atoms with Crippen LogP contribution in [0.4, 0.5) is 0 Å². The van der Waals surface area contributed by atoms with Crippen molar-refractivity contribution >= 4 is 0 Å². The second-order valence-electron chi connectivity index (χ2n) is 5.77. The predicted molar refractivity (Wildman–Crippen MR) is 89.5 cm³/mol. The summed E-state index contributed by atoms with van der Waals surface area (Å²) in [5.41, 5.74) is 4.87. The third-order valence-corrected chi connectivity index (χ3v) is 3.70. The molecule has 0 atom stereocenters. The molecular formula is C20H26. The number of aryl methyl sites for hydroxylation is 1. The number of hydrogen-bond acceptors (Lipinski definition) is 0. The number of benzene rings is 2. The molecule has 0 heteroatoms. The minimum Gasteiger partial charge on any atom is -0.0587 e. The van der Waals surface area contributed by atoms with Crippen LogP contribution in [0.3, 0.4) is 0 Å². The fourth-order valence-corrected chi connectivity index (χ4v) is 2.58. The first-order valence-electron chi connectivity index (χ1n) is 9.48. The zero-order valence-electron chi connectivity index (χ0n) is 18.0. The molecule has 0 aromatic heterocycles. The van der Waals surface area contributed by atoms with E-state index in [1.54, 1.807) is 24.3 Å². The van der Waals surface area contributed by atoms with Crippen LogP contribution in [0.5, 0.6) is 0 Å². The molecule has 0 nitrogen and oxygen atoms in total. The highest BCUT2D eigenvalue weighted by Gasteiger charge is 2.13. The van der Waals surface area contributed by atoms with Crippen LogP contribution in [0.1, 0.15) is 68.6 Å². The molecule has 0 aliphatic heterocycles. The Labute approximate surface area is 130 Å². The Kier molecular flexibility index (Phi) is 2.74. The molecule has 0 saturated carbocycles. The molecule has 0 aliphatic rings. The maximum absolute atomic E-state index is 8.45. The largest absolute Gasteiger partial charge is 0.0587 e. The lowest BCUT2D eigenvalue weighted by atomic mass is 9.86. The van der Waals surface area contributed by atoms with E-state index in [4.69, 9.17) is 6.85 Å². The first-order valence-corrected chi connectivity index (χ1v) is 6.98. The zero-order valence-corrected chi connectivity index (χ0v) is 13.0. The Bertz CT molecular complexity index is 722. The van der Waals surface area contributed by atoms with Gasteiger partial charge >= 0.3 is 0 Å². The predicted octanol–water partition coefficient (Wildman–Crippen LogP) is 6.22. The van der Waals surface area contributed by atoms with Gasteiger partial charge in [0.2, 0.25) is 0 Å². The summed E-state index contributed by atoms with van der Waals surface area (Å²) in [6.07, 6.45) is 0. The first-order chi connectivity index (χ1) is 11.2. The molecule has 106 valence electrons. The van der Waals surface area contributed by atoms with E-state index in [9.17, 15) is 0 Å². The van der Waals surface area contributed by atoms with Crippen molar-refractivity contribution in [3.63, 3.8) is 0 Å². The summed E-state index contributed by atoms with van der Waals surface area (Å²) in [6.45, 7) is 7.23. The molecule has 0 amide bonds. The standard InChI is InChI=1S/C20H26/c1-13(2)19-11-18(12-20(14(3)4)16(19)6)17-9-7-15(5)8-10-17/h7-14H,1-6H3/i5D3,13D,14D. The van der Waals surface area contributed by atoms with E-state index >= 15 is 0 Å². The molecule has 0 N–H and O–H groups in total. The highest BCUT2D eigenvalue weighted by Crippen LogP contribution is 2.33. The maximum atomic E-state index is 8.45. The lowest BCUT2D eigenvalue weighted by molar-refractivity contribution is 0.818. The van der Waals surface area contributed by atoms with Crippen LogP contribution in [0.15, 0.2) is 36.4 Å². The Balaban J connectivity index is 2.66. The quantitative estimate of drug-likeness (QED) is 0.622. The molecular weight excluding hydrogens is 240 g/mol. The third kappa shape index (κ3) is 2.95. The Hall–Kier alpha value is -1.56. The topological polar surface area (TPSA) is 0 Å². The van der Waals surface area contributed by atoms with Gasteiger partial charge in [-0.3, -0.25) is 0 Å². The van der Waals surface area contributed by atoms with E-state index < -0.39 is 18.6 Å². The average molecular weight is 271 g/mol. The van der Waals surface area contributed by atoms with Crippen molar-refractivity contribution in [1.29, 1.82) is 0 Å². The van der Waals surface area contributed by atoms with Gasteiger partial charge in [0.15, 0.2) is 0 Å². The van der Waals surface area contributed by atoms with Gasteiger partial charge in [-0.05, 0) is 53.4 Å². The highest BCUT2D eigenvalue weighted by atomic mass is 14.2. The minimum absolute atomic E-state index is 0.311. The van der Waals surface area contributed by atoms with Crippen LogP contribution in [0, 0.1) is 13.8 Å². The van der Waals surface area contributed by atoms with E-state index in [1.807, 2.05) is 46.8 Å². The normalized spacial score (nSPS) is 16.8. The van der Waals surface area contributed by atoms with Gasteiger partial charge in [0.25, 0.3) is 0 Å². The second-order valence-corrected chi connectivity index (χ2v) is 5.77.